The van der Waals surface area contributed by atoms with E-state index < -0.39 is 0 Å². The standard InChI is InChI=1S/C20H34N6O2/c1-3-24-12-14-25(15-13-24)11-8-21-19(27)16-17-5-9-26(10-6-17)18-4-7-22-20(23-18)28-2/h4,7,17H,3,5-6,8-16H2,1-2H3,(H,21,27). The van der Waals surface area contributed by atoms with Crippen molar-refractivity contribution in [2.45, 2.75) is 26.2 Å². The second kappa shape index (κ2) is 10.6. The number of piperazine rings is 1. The minimum absolute atomic E-state index is 0.189. The first-order chi connectivity index (χ1) is 13.7. The zero-order chi connectivity index (χ0) is 19.8. The number of ether oxygens (including phenoxy) is 1. The topological polar surface area (TPSA) is 73.8 Å². The zero-order valence-corrected chi connectivity index (χ0v) is 17.3. The highest BCUT2D eigenvalue weighted by molar-refractivity contribution is 5.76. The summed E-state index contributed by atoms with van der Waals surface area (Å²) in [4.78, 5) is 27.9. The van der Waals surface area contributed by atoms with Gasteiger partial charge in [-0.15, -0.1) is 0 Å². The normalized spacial score (nSPS) is 19.6. The second-order valence-corrected chi connectivity index (χ2v) is 7.66. The minimum Gasteiger partial charge on any atom is -0.467 e. The maximum atomic E-state index is 12.3. The summed E-state index contributed by atoms with van der Waals surface area (Å²) in [5.41, 5.74) is 0. The van der Waals surface area contributed by atoms with Crippen molar-refractivity contribution in [3.05, 3.63) is 12.3 Å². The Morgan fingerprint density at radius 3 is 2.57 bits per heavy atom. The number of carbonyl (C=O) groups excluding carboxylic acids is 1. The average Bonchev–Trinajstić information content (AvgIpc) is 2.75. The Morgan fingerprint density at radius 1 is 1.18 bits per heavy atom. The molecule has 0 aliphatic carbocycles. The zero-order valence-electron chi connectivity index (χ0n) is 17.3. The molecule has 8 nitrogen and oxygen atoms in total. The van der Waals surface area contributed by atoms with Gasteiger partial charge in [0.2, 0.25) is 5.91 Å². The van der Waals surface area contributed by atoms with Gasteiger partial charge >= 0.3 is 6.01 Å². The van der Waals surface area contributed by atoms with Gasteiger partial charge in [0.1, 0.15) is 5.82 Å². The van der Waals surface area contributed by atoms with Crippen molar-refractivity contribution >= 4 is 11.7 Å². The Hall–Kier alpha value is -1.93. The summed E-state index contributed by atoms with van der Waals surface area (Å²) in [5.74, 6) is 1.54. The van der Waals surface area contributed by atoms with E-state index in [9.17, 15) is 4.79 Å². The number of likely N-dealkylation sites (N-methyl/N-ethyl adjacent to an activating group) is 1. The molecule has 2 aliphatic heterocycles. The van der Waals surface area contributed by atoms with E-state index >= 15 is 0 Å². The molecule has 2 aliphatic rings. The lowest BCUT2D eigenvalue weighted by molar-refractivity contribution is -0.122. The highest BCUT2D eigenvalue weighted by Crippen LogP contribution is 2.24. The van der Waals surface area contributed by atoms with Crippen molar-refractivity contribution in [2.75, 3.05) is 70.9 Å². The number of carbonyl (C=O) groups is 1. The van der Waals surface area contributed by atoms with Gasteiger partial charge in [0.25, 0.3) is 0 Å². The van der Waals surface area contributed by atoms with Crippen LogP contribution in [0.5, 0.6) is 6.01 Å². The number of piperidine rings is 1. The van der Waals surface area contributed by atoms with Crippen molar-refractivity contribution in [3.8, 4) is 6.01 Å². The molecule has 0 spiro atoms. The first-order valence-electron chi connectivity index (χ1n) is 10.5. The van der Waals surface area contributed by atoms with Crippen LogP contribution in [0.1, 0.15) is 26.2 Å². The van der Waals surface area contributed by atoms with E-state index in [1.807, 2.05) is 6.07 Å². The van der Waals surface area contributed by atoms with E-state index in [0.29, 0.717) is 18.3 Å². The fraction of sp³-hybridized carbons (Fsp3) is 0.750. The molecule has 3 rings (SSSR count). The van der Waals surface area contributed by atoms with Gasteiger partial charge < -0.3 is 19.9 Å². The van der Waals surface area contributed by atoms with Crippen molar-refractivity contribution in [1.29, 1.82) is 0 Å². The molecule has 1 N–H and O–H groups in total. The predicted molar refractivity (Wildman–Crippen MR) is 110 cm³/mol. The monoisotopic (exact) mass is 390 g/mol. The SMILES string of the molecule is CCN1CCN(CCNC(=O)CC2CCN(c3ccnc(OC)n3)CC2)CC1. The third-order valence-electron chi connectivity index (χ3n) is 5.88. The van der Waals surface area contributed by atoms with Gasteiger partial charge in [-0.25, -0.2) is 4.98 Å². The number of hydrogen-bond acceptors (Lipinski definition) is 7. The van der Waals surface area contributed by atoms with Gasteiger partial charge in [0.15, 0.2) is 0 Å². The first kappa shape index (κ1) is 20.8. The second-order valence-electron chi connectivity index (χ2n) is 7.66. The molecule has 8 heteroatoms. The summed E-state index contributed by atoms with van der Waals surface area (Å²) < 4.78 is 5.10. The smallest absolute Gasteiger partial charge is 0.318 e. The molecule has 1 aromatic rings. The average molecular weight is 391 g/mol. The highest BCUT2D eigenvalue weighted by atomic mass is 16.5. The summed E-state index contributed by atoms with van der Waals surface area (Å²) in [6, 6.07) is 2.31. The molecule has 0 atom stereocenters. The predicted octanol–water partition coefficient (Wildman–Crippen LogP) is 0.845. The van der Waals surface area contributed by atoms with Crippen molar-refractivity contribution in [2.24, 2.45) is 5.92 Å². The van der Waals surface area contributed by atoms with E-state index in [1.165, 1.54) is 0 Å². The molecule has 0 saturated carbocycles. The van der Waals surface area contributed by atoms with Gasteiger partial charge in [-0.3, -0.25) is 9.69 Å². The van der Waals surface area contributed by atoms with Gasteiger partial charge in [0.05, 0.1) is 7.11 Å². The van der Waals surface area contributed by atoms with Gasteiger partial charge in [-0.2, -0.15) is 4.98 Å². The first-order valence-corrected chi connectivity index (χ1v) is 10.5. The summed E-state index contributed by atoms with van der Waals surface area (Å²) in [6.45, 7) is 11.4. The quantitative estimate of drug-likeness (QED) is 0.705. The Morgan fingerprint density at radius 2 is 1.89 bits per heavy atom. The maximum absolute atomic E-state index is 12.3. The summed E-state index contributed by atoms with van der Waals surface area (Å²) >= 11 is 0. The van der Waals surface area contributed by atoms with Crippen molar-refractivity contribution in [1.82, 2.24) is 25.1 Å². The lowest BCUT2D eigenvalue weighted by Gasteiger charge is -2.34. The van der Waals surface area contributed by atoms with Crippen LogP contribution in [0.4, 0.5) is 5.82 Å². The van der Waals surface area contributed by atoms with Gasteiger partial charge in [-0.1, -0.05) is 6.92 Å². The maximum Gasteiger partial charge on any atom is 0.318 e. The Balaban J connectivity index is 1.31. The van der Waals surface area contributed by atoms with Crippen LogP contribution in [0.3, 0.4) is 0 Å². The van der Waals surface area contributed by atoms with Crippen LogP contribution >= 0.6 is 0 Å². The molecule has 1 aromatic heterocycles. The third-order valence-corrected chi connectivity index (χ3v) is 5.88. The molecule has 2 fully saturated rings. The fourth-order valence-electron chi connectivity index (χ4n) is 3.99. The molecular weight excluding hydrogens is 356 g/mol. The van der Waals surface area contributed by atoms with Crippen LogP contribution in [0, 0.1) is 5.92 Å². The molecule has 0 bridgehead atoms. The van der Waals surface area contributed by atoms with Crippen LogP contribution in [0.25, 0.3) is 0 Å². The number of amides is 1. The Kier molecular flexibility index (Phi) is 7.85. The lowest BCUT2D eigenvalue weighted by Crippen LogP contribution is -2.48. The molecule has 156 valence electrons. The molecule has 0 unspecified atom stereocenters. The highest BCUT2D eigenvalue weighted by Gasteiger charge is 2.23. The Bertz CT molecular complexity index is 612. The number of rotatable bonds is 8. The van der Waals surface area contributed by atoms with Crippen LogP contribution in [0.15, 0.2) is 12.3 Å². The number of methoxy groups -OCH3 is 1. The number of anilines is 1. The van der Waals surface area contributed by atoms with Crippen LogP contribution in [0.2, 0.25) is 0 Å². The Labute approximate surface area is 168 Å². The molecule has 1 amide bonds. The minimum atomic E-state index is 0.189. The van der Waals surface area contributed by atoms with E-state index in [1.54, 1.807) is 13.3 Å². The number of hydrogen-bond donors (Lipinski definition) is 1. The molecule has 0 aromatic carbocycles. The molecule has 28 heavy (non-hydrogen) atoms. The van der Waals surface area contributed by atoms with Gasteiger partial charge in [0, 0.05) is 65.0 Å². The van der Waals surface area contributed by atoms with Crippen LogP contribution in [-0.4, -0.2) is 91.7 Å². The van der Waals surface area contributed by atoms with Crippen molar-refractivity contribution in [3.63, 3.8) is 0 Å². The summed E-state index contributed by atoms with van der Waals surface area (Å²) in [6.07, 6.45) is 4.38. The number of nitrogens with one attached hydrogen (secondary N) is 1. The van der Waals surface area contributed by atoms with Crippen LogP contribution in [-0.2, 0) is 4.79 Å². The third kappa shape index (κ3) is 6.04. The van der Waals surface area contributed by atoms with Crippen LogP contribution < -0.4 is 15.0 Å². The van der Waals surface area contributed by atoms with E-state index in [-0.39, 0.29) is 5.91 Å². The molecular formula is C20H34N6O2. The number of aromatic nitrogens is 2. The van der Waals surface area contributed by atoms with E-state index in [2.05, 4.69) is 36.9 Å². The molecule has 2 saturated heterocycles. The lowest BCUT2D eigenvalue weighted by atomic mass is 9.93. The number of nitrogens with zero attached hydrogens (tertiary/aromatic N) is 5. The molecule has 3 heterocycles. The summed E-state index contributed by atoms with van der Waals surface area (Å²) in [7, 11) is 1.58. The summed E-state index contributed by atoms with van der Waals surface area (Å²) in [5, 5.41) is 3.12. The van der Waals surface area contributed by atoms with E-state index in [4.69, 9.17) is 4.74 Å². The largest absolute Gasteiger partial charge is 0.467 e. The fourth-order valence-corrected chi connectivity index (χ4v) is 3.99. The molecule has 0 radical (unpaired) electrons. The van der Waals surface area contributed by atoms with Gasteiger partial charge in [-0.05, 0) is 31.4 Å². The van der Waals surface area contributed by atoms with E-state index in [0.717, 1.165) is 77.6 Å². The van der Waals surface area contributed by atoms with Crippen molar-refractivity contribution < 1.29 is 9.53 Å².